The molecule has 0 bridgehead atoms. The summed E-state index contributed by atoms with van der Waals surface area (Å²) in [5, 5.41) is 2.70. The number of benzene rings is 1. The molecule has 0 radical (unpaired) electrons. The van der Waals surface area contributed by atoms with Gasteiger partial charge in [0, 0.05) is 24.5 Å². The Labute approximate surface area is 124 Å². The molecule has 4 nitrogen and oxygen atoms in total. The molecular formula is C15H13F3N2O2. The zero-order valence-corrected chi connectivity index (χ0v) is 11.4. The lowest BCUT2D eigenvalue weighted by atomic mass is 10.2. The fourth-order valence-corrected chi connectivity index (χ4v) is 1.66. The first kappa shape index (κ1) is 15.8. The van der Waals surface area contributed by atoms with Crippen LogP contribution in [0.15, 0.2) is 48.8 Å². The van der Waals surface area contributed by atoms with Crippen LogP contribution in [0.4, 0.5) is 13.2 Å². The van der Waals surface area contributed by atoms with Crippen LogP contribution in [0.2, 0.25) is 0 Å². The number of hydrogen-bond acceptors (Lipinski definition) is 3. The normalized spacial score (nSPS) is 11.0. The van der Waals surface area contributed by atoms with Gasteiger partial charge in [0.15, 0.2) is 6.61 Å². The fraction of sp³-hybridized carbons (Fsp3) is 0.200. The van der Waals surface area contributed by atoms with Crippen LogP contribution < -0.4 is 10.1 Å². The van der Waals surface area contributed by atoms with Crippen LogP contribution in [0.3, 0.4) is 0 Å². The molecule has 1 heterocycles. The highest BCUT2D eigenvalue weighted by Gasteiger charge is 2.28. The number of halogens is 3. The summed E-state index contributed by atoms with van der Waals surface area (Å²) in [7, 11) is 0. The Balaban J connectivity index is 1.85. The minimum Gasteiger partial charge on any atom is -0.484 e. The minimum absolute atomic E-state index is 0.126. The Kier molecular flexibility index (Phi) is 4.98. The number of hydrogen-bond donors (Lipinski definition) is 1. The summed E-state index contributed by atoms with van der Waals surface area (Å²) in [5.41, 5.74) is 1.24. The predicted molar refractivity (Wildman–Crippen MR) is 73.4 cm³/mol. The van der Waals surface area contributed by atoms with Crippen molar-refractivity contribution in [1.82, 2.24) is 10.3 Å². The van der Waals surface area contributed by atoms with Crippen LogP contribution in [0.25, 0.3) is 0 Å². The zero-order chi connectivity index (χ0) is 16.0. The van der Waals surface area contributed by atoms with Gasteiger partial charge in [-0.15, -0.1) is 0 Å². The van der Waals surface area contributed by atoms with E-state index in [1.807, 2.05) is 0 Å². The van der Waals surface area contributed by atoms with Crippen LogP contribution in [0.1, 0.15) is 15.9 Å². The summed E-state index contributed by atoms with van der Waals surface area (Å²) in [6.07, 6.45) is -1.33. The number of carbonyl (C=O) groups excluding carboxylic acids is 1. The second-order valence-electron chi connectivity index (χ2n) is 4.47. The van der Waals surface area contributed by atoms with Gasteiger partial charge in [-0.1, -0.05) is 12.1 Å². The van der Waals surface area contributed by atoms with Crippen LogP contribution >= 0.6 is 0 Å². The summed E-state index contributed by atoms with van der Waals surface area (Å²) in [4.78, 5) is 15.6. The predicted octanol–water partition coefficient (Wildman–Crippen LogP) is 2.95. The maximum Gasteiger partial charge on any atom is 0.422 e. The third kappa shape index (κ3) is 5.08. The quantitative estimate of drug-likeness (QED) is 0.924. The Morgan fingerprint density at radius 1 is 1.09 bits per heavy atom. The Hall–Kier alpha value is -2.57. The number of pyridine rings is 1. The van der Waals surface area contributed by atoms with Crippen molar-refractivity contribution in [1.29, 1.82) is 0 Å². The van der Waals surface area contributed by atoms with E-state index in [9.17, 15) is 18.0 Å². The Morgan fingerprint density at radius 3 is 2.32 bits per heavy atom. The van der Waals surface area contributed by atoms with Crippen molar-refractivity contribution in [2.45, 2.75) is 12.7 Å². The number of rotatable bonds is 5. The van der Waals surface area contributed by atoms with Crippen LogP contribution in [-0.4, -0.2) is 23.7 Å². The molecule has 22 heavy (non-hydrogen) atoms. The molecule has 116 valence electrons. The number of nitrogens with zero attached hydrogens (tertiary/aromatic N) is 1. The van der Waals surface area contributed by atoms with E-state index in [0.717, 1.165) is 5.56 Å². The molecule has 0 aliphatic rings. The molecule has 0 fully saturated rings. The molecule has 0 spiro atoms. The molecule has 0 saturated carbocycles. The maximum atomic E-state index is 12.0. The van der Waals surface area contributed by atoms with Crippen LogP contribution in [-0.2, 0) is 6.54 Å². The number of ether oxygens (including phenoxy) is 1. The molecule has 0 aliphatic heterocycles. The van der Waals surface area contributed by atoms with Crippen LogP contribution in [0, 0.1) is 0 Å². The van der Waals surface area contributed by atoms with Gasteiger partial charge in [0.2, 0.25) is 0 Å². The van der Waals surface area contributed by atoms with Crippen molar-refractivity contribution in [3.63, 3.8) is 0 Å². The number of carbonyl (C=O) groups is 1. The summed E-state index contributed by atoms with van der Waals surface area (Å²) in [6, 6.07) is 9.23. The summed E-state index contributed by atoms with van der Waals surface area (Å²) in [6.45, 7) is -1.06. The molecule has 7 heteroatoms. The first-order valence-corrected chi connectivity index (χ1v) is 6.41. The summed E-state index contributed by atoms with van der Waals surface area (Å²) in [5.74, 6) is -0.124. The van der Waals surface area contributed by atoms with E-state index in [1.54, 1.807) is 24.3 Å². The summed E-state index contributed by atoms with van der Waals surface area (Å²) >= 11 is 0. The lowest BCUT2D eigenvalue weighted by Gasteiger charge is -2.10. The van der Waals surface area contributed by atoms with Crippen molar-refractivity contribution in [3.05, 3.63) is 59.9 Å². The molecule has 1 aromatic carbocycles. The second-order valence-corrected chi connectivity index (χ2v) is 4.47. The third-order valence-corrected chi connectivity index (χ3v) is 2.72. The first-order valence-electron chi connectivity index (χ1n) is 6.41. The SMILES string of the molecule is O=C(NCc1ccc(OCC(F)(F)F)cc1)c1ccncc1. The molecular weight excluding hydrogens is 297 g/mol. The van der Waals surface area contributed by atoms with E-state index >= 15 is 0 Å². The average molecular weight is 310 g/mol. The van der Waals surface area contributed by atoms with E-state index in [1.165, 1.54) is 24.5 Å². The van der Waals surface area contributed by atoms with Gasteiger partial charge in [0.25, 0.3) is 5.91 Å². The van der Waals surface area contributed by atoms with Crippen molar-refractivity contribution >= 4 is 5.91 Å². The fourth-order valence-electron chi connectivity index (χ4n) is 1.66. The van der Waals surface area contributed by atoms with Gasteiger partial charge in [-0.05, 0) is 29.8 Å². The third-order valence-electron chi connectivity index (χ3n) is 2.72. The Bertz CT molecular complexity index is 613. The molecule has 0 saturated heterocycles. The summed E-state index contributed by atoms with van der Waals surface area (Å²) < 4.78 is 40.6. The van der Waals surface area contributed by atoms with Crippen molar-refractivity contribution < 1.29 is 22.7 Å². The molecule has 1 aromatic heterocycles. The number of aromatic nitrogens is 1. The highest BCUT2D eigenvalue weighted by molar-refractivity contribution is 5.93. The van der Waals surface area contributed by atoms with Gasteiger partial charge in [-0.25, -0.2) is 0 Å². The minimum atomic E-state index is -4.36. The smallest absolute Gasteiger partial charge is 0.422 e. The lowest BCUT2D eigenvalue weighted by molar-refractivity contribution is -0.153. The van der Waals surface area contributed by atoms with Gasteiger partial charge in [0.05, 0.1) is 0 Å². The molecule has 0 aliphatic carbocycles. The number of nitrogens with one attached hydrogen (secondary N) is 1. The topological polar surface area (TPSA) is 51.2 Å². The highest BCUT2D eigenvalue weighted by Crippen LogP contribution is 2.18. The largest absolute Gasteiger partial charge is 0.484 e. The van der Waals surface area contributed by atoms with Crippen molar-refractivity contribution in [2.24, 2.45) is 0 Å². The van der Waals surface area contributed by atoms with Gasteiger partial charge in [-0.3, -0.25) is 9.78 Å². The van der Waals surface area contributed by atoms with E-state index in [4.69, 9.17) is 0 Å². The number of amides is 1. The molecule has 2 rings (SSSR count). The average Bonchev–Trinajstić information content (AvgIpc) is 2.52. The van der Waals surface area contributed by atoms with Gasteiger partial charge in [0.1, 0.15) is 5.75 Å². The second kappa shape index (κ2) is 6.93. The number of alkyl halides is 3. The van der Waals surface area contributed by atoms with Gasteiger partial charge < -0.3 is 10.1 Å². The maximum absolute atomic E-state index is 12.0. The molecule has 1 N–H and O–H groups in total. The van der Waals surface area contributed by atoms with Crippen LogP contribution in [0.5, 0.6) is 5.75 Å². The van der Waals surface area contributed by atoms with Gasteiger partial charge in [-0.2, -0.15) is 13.2 Å². The van der Waals surface area contributed by atoms with Crippen molar-refractivity contribution in [2.75, 3.05) is 6.61 Å². The molecule has 0 unspecified atom stereocenters. The van der Waals surface area contributed by atoms with E-state index in [2.05, 4.69) is 15.0 Å². The monoisotopic (exact) mass is 310 g/mol. The highest BCUT2D eigenvalue weighted by atomic mass is 19.4. The van der Waals surface area contributed by atoms with E-state index in [0.29, 0.717) is 5.56 Å². The van der Waals surface area contributed by atoms with E-state index < -0.39 is 12.8 Å². The molecule has 1 amide bonds. The zero-order valence-electron chi connectivity index (χ0n) is 11.4. The lowest BCUT2D eigenvalue weighted by Crippen LogP contribution is -2.22. The Morgan fingerprint density at radius 2 is 1.73 bits per heavy atom. The molecule has 2 aromatic rings. The standard InChI is InChI=1S/C15H13F3N2O2/c16-15(17,18)10-22-13-3-1-11(2-4-13)9-20-14(21)12-5-7-19-8-6-12/h1-8H,9-10H2,(H,20,21). The van der Waals surface area contributed by atoms with Gasteiger partial charge >= 0.3 is 6.18 Å². The first-order chi connectivity index (χ1) is 10.4. The van der Waals surface area contributed by atoms with Crippen molar-refractivity contribution in [3.8, 4) is 5.75 Å². The van der Waals surface area contributed by atoms with E-state index in [-0.39, 0.29) is 18.2 Å². The molecule has 0 atom stereocenters.